The maximum atomic E-state index is 4.65. The average molecular weight is 473 g/mol. The van der Waals surface area contributed by atoms with Crippen molar-refractivity contribution >= 4 is 34.9 Å². The van der Waals surface area contributed by atoms with Crippen LogP contribution in [-0.4, -0.2) is 44.0 Å². The van der Waals surface area contributed by atoms with Crippen LogP contribution in [0.5, 0.6) is 0 Å². The minimum absolute atomic E-state index is 0.327. The zero-order valence-electron chi connectivity index (χ0n) is 18.9. The van der Waals surface area contributed by atoms with E-state index in [0.29, 0.717) is 30.4 Å². The van der Waals surface area contributed by atoms with Crippen molar-refractivity contribution in [3.63, 3.8) is 0 Å². The number of thiophene rings is 1. The summed E-state index contributed by atoms with van der Waals surface area (Å²) < 4.78 is 0. The molecule has 1 aromatic carbocycles. The third-order valence-corrected chi connectivity index (χ3v) is 6.62. The first-order chi connectivity index (χ1) is 16.8. The molecule has 0 amide bonds. The lowest BCUT2D eigenvalue weighted by atomic mass is 10.0. The summed E-state index contributed by atoms with van der Waals surface area (Å²) in [5.41, 5.74) is 2.24. The highest BCUT2D eigenvalue weighted by molar-refractivity contribution is 7.09. The van der Waals surface area contributed by atoms with Crippen LogP contribution in [0.4, 0.5) is 23.5 Å². The number of pyridine rings is 1. The number of rotatable bonds is 9. The smallest absolute Gasteiger partial charge is 0.233 e. The van der Waals surface area contributed by atoms with Crippen molar-refractivity contribution in [2.45, 2.75) is 32.0 Å². The van der Waals surface area contributed by atoms with E-state index in [1.54, 1.807) is 23.7 Å². The Morgan fingerprint density at radius 1 is 0.853 bits per heavy atom. The summed E-state index contributed by atoms with van der Waals surface area (Å²) in [6, 6.07) is 18.9. The van der Waals surface area contributed by atoms with Crippen molar-refractivity contribution in [2.75, 3.05) is 29.0 Å². The average Bonchev–Trinajstić information content (AvgIpc) is 3.39. The molecule has 0 radical (unpaired) electrons. The van der Waals surface area contributed by atoms with E-state index in [1.807, 2.05) is 18.2 Å². The fourth-order valence-electron chi connectivity index (χ4n) is 3.98. The zero-order valence-corrected chi connectivity index (χ0v) is 19.7. The van der Waals surface area contributed by atoms with Crippen LogP contribution < -0.4 is 16.0 Å². The number of anilines is 4. The SMILES string of the molecule is c1ccc(CN2CCC(Nc3nc(NCc4cccs4)nc(Nc4ccncc4)n3)CC2)cc1. The molecule has 8 nitrogen and oxygen atoms in total. The van der Waals surface area contributed by atoms with Crippen LogP contribution in [0.3, 0.4) is 0 Å². The summed E-state index contributed by atoms with van der Waals surface area (Å²) in [6.45, 7) is 3.76. The maximum Gasteiger partial charge on any atom is 0.233 e. The molecule has 0 atom stereocenters. The van der Waals surface area contributed by atoms with Crippen LogP contribution in [0.25, 0.3) is 0 Å². The molecular formula is C25H28N8S. The van der Waals surface area contributed by atoms with Gasteiger partial charge in [0.05, 0.1) is 6.54 Å². The second kappa shape index (κ2) is 11.0. The Hall–Kier alpha value is -3.56. The molecule has 0 spiro atoms. The maximum absolute atomic E-state index is 4.65. The summed E-state index contributed by atoms with van der Waals surface area (Å²) in [7, 11) is 0. The fourth-order valence-corrected chi connectivity index (χ4v) is 4.62. The lowest BCUT2D eigenvalue weighted by molar-refractivity contribution is 0.211. The first-order valence-corrected chi connectivity index (χ1v) is 12.4. The van der Waals surface area contributed by atoms with Gasteiger partial charge in [0.25, 0.3) is 0 Å². The van der Waals surface area contributed by atoms with E-state index in [9.17, 15) is 0 Å². The number of hydrogen-bond acceptors (Lipinski definition) is 9. The summed E-state index contributed by atoms with van der Waals surface area (Å²) >= 11 is 1.71. The van der Waals surface area contributed by atoms with Crippen LogP contribution >= 0.6 is 11.3 Å². The Labute approximate surface area is 203 Å². The standard InChI is InChI=1S/C25H28N8S/c1-2-5-19(6-3-1)18-33-14-10-21(11-15-33)29-25-31-23(27-17-22-7-4-16-34-22)30-24(32-25)28-20-8-12-26-13-9-20/h1-9,12-13,16,21H,10-11,14-15,17-18H2,(H3,26,27,28,29,30,31,32). The topological polar surface area (TPSA) is 90.9 Å². The molecule has 1 aliphatic rings. The van der Waals surface area contributed by atoms with Crippen molar-refractivity contribution < 1.29 is 0 Å². The van der Waals surface area contributed by atoms with E-state index in [2.05, 4.69) is 82.6 Å². The fraction of sp³-hybridized carbons (Fsp3) is 0.280. The summed E-state index contributed by atoms with van der Waals surface area (Å²) in [5.74, 6) is 1.63. The van der Waals surface area contributed by atoms with Crippen LogP contribution in [-0.2, 0) is 13.1 Å². The molecule has 3 aromatic heterocycles. The molecule has 9 heteroatoms. The first-order valence-electron chi connectivity index (χ1n) is 11.5. The highest BCUT2D eigenvalue weighted by Gasteiger charge is 2.20. The van der Waals surface area contributed by atoms with Crippen molar-refractivity contribution in [1.82, 2.24) is 24.8 Å². The Morgan fingerprint density at radius 2 is 1.62 bits per heavy atom. The van der Waals surface area contributed by atoms with E-state index < -0.39 is 0 Å². The molecule has 1 aliphatic heterocycles. The number of likely N-dealkylation sites (tertiary alicyclic amines) is 1. The second-order valence-corrected chi connectivity index (χ2v) is 9.31. The number of aromatic nitrogens is 4. The molecule has 34 heavy (non-hydrogen) atoms. The van der Waals surface area contributed by atoms with Gasteiger partial charge in [0, 0.05) is 48.6 Å². The molecule has 174 valence electrons. The van der Waals surface area contributed by atoms with Gasteiger partial charge in [-0.05, 0) is 42.0 Å². The van der Waals surface area contributed by atoms with Gasteiger partial charge in [-0.3, -0.25) is 9.88 Å². The molecule has 3 N–H and O–H groups in total. The van der Waals surface area contributed by atoms with Crippen LogP contribution in [0.15, 0.2) is 72.4 Å². The first kappa shape index (κ1) is 22.2. The summed E-state index contributed by atoms with van der Waals surface area (Å²) in [5, 5.41) is 12.2. The van der Waals surface area contributed by atoms with Crippen molar-refractivity contribution in [1.29, 1.82) is 0 Å². The Kier molecular flexibility index (Phi) is 7.22. The third-order valence-electron chi connectivity index (χ3n) is 5.74. The van der Waals surface area contributed by atoms with E-state index in [0.717, 1.165) is 38.2 Å². The molecular weight excluding hydrogens is 444 g/mol. The minimum atomic E-state index is 0.327. The van der Waals surface area contributed by atoms with E-state index in [4.69, 9.17) is 0 Å². The lowest BCUT2D eigenvalue weighted by Crippen LogP contribution is -2.39. The van der Waals surface area contributed by atoms with Crippen molar-refractivity contribution in [3.05, 3.63) is 82.8 Å². The van der Waals surface area contributed by atoms with E-state index in [-0.39, 0.29) is 0 Å². The van der Waals surface area contributed by atoms with Gasteiger partial charge in [0.15, 0.2) is 0 Å². The third kappa shape index (κ3) is 6.27. The highest BCUT2D eigenvalue weighted by Crippen LogP contribution is 2.20. The molecule has 4 aromatic rings. The highest BCUT2D eigenvalue weighted by atomic mass is 32.1. The van der Waals surface area contributed by atoms with Gasteiger partial charge in [0.1, 0.15) is 0 Å². The van der Waals surface area contributed by atoms with Gasteiger partial charge in [0.2, 0.25) is 17.8 Å². The molecule has 5 rings (SSSR count). The Morgan fingerprint density at radius 3 is 2.38 bits per heavy atom. The van der Waals surface area contributed by atoms with E-state index in [1.165, 1.54) is 10.4 Å². The predicted molar refractivity (Wildman–Crippen MR) is 137 cm³/mol. The molecule has 0 bridgehead atoms. The van der Waals surface area contributed by atoms with Gasteiger partial charge in [-0.15, -0.1) is 11.3 Å². The number of piperidine rings is 1. The number of benzene rings is 1. The largest absolute Gasteiger partial charge is 0.351 e. The van der Waals surface area contributed by atoms with Crippen molar-refractivity contribution in [2.24, 2.45) is 0 Å². The molecule has 0 unspecified atom stereocenters. The monoisotopic (exact) mass is 472 g/mol. The Bertz CT molecular complexity index is 1150. The van der Waals surface area contributed by atoms with Gasteiger partial charge >= 0.3 is 0 Å². The Balaban J connectivity index is 1.24. The zero-order chi connectivity index (χ0) is 23.0. The number of hydrogen-bond donors (Lipinski definition) is 3. The van der Waals surface area contributed by atoms with Crippen LogP contribution in [0, 0.1) is 0 Å². The van der Waals surface area contributed by atoms with Crippen LogP contribution in [0.2, 0.25) is 0 Å². The summed E-state index contributed by atoms with van der Waals surface area (Å²) in [6.07, 6.45) is 5.57. The molecule has 0 saturated carbocycles. The van der Waals surface area contributed by atoms with Gasteiger partial charge in [-0.25, -0.2) is 0 Å². The van der Waals surface area contributed by atoms with Crippen LogP contribution in [0.1, 0.15) is 23.3 Å². The van der Waals surface area contributed by atoms with Gasteiger partial charge < -0.3 is 16.0 Å². The summed E-state index contributed by atoms with van der Waals surface area (Å²) in [4.78, 5) is 21.7. The molecule has 1 saturated heterocycles. The normalized spacial score (nSPS) is 14.6. The van der Waals surface area contributed by atoms with Gasteiger partial charge in [-0.1, -0.05) is 36.4 Å². The number of nitrogens with zero attached hydrogens (tertiary/aromatic N) is 5. The molecule has 0 aliphatic carbocycles. The quantitative estimate of drug-likeness (QED) is 0.321. The van der Waals surface area contributed by atoms with Crippen molar-refractivity contribution in [3.8, 4) is 0 Å². The minimum Gasteiger partial charge on any atom is -0.351 e. The molecule has 4 heterocycles. The lowest BCUT2D eigenvalue weighted by Gasteiger charge is -2.32. The molecule has 1 fully saturated rings. The second-order valence-electron chi connectivity index (χ2n) is 8.28. The number of nitrogens with one attached hydrogen (secondary N) is 3. The predicted octanol–water partition coefficient (Wildman–Crippen LogP) is 4.76. The van der Waals surface area contributed by atoms with E-state index >= 15 is 0 Å². The van der Waals surface area contributed by atoms with Gasteiger partial charge in [-0.2, -0.15) is 15.0 Å².